The molecular weight excluding hydrogens is 226 g/mol. The summed E-state index contributed by atoms with van der Waals surface area (Å²) in [5.74, 6) is 1.43. The quantitative estimate of drug-likeness (QED) is 0.837. The number of anilines is 1. The Balaban J connectivity index is 2.93. The number of hydrogen-bond acceptors (Lipinski definition) is 4. The van der Waals surface area contributed by atoms with Crippen LogP contribution in [0.3, 0.4) is 0 Å². The molecular formula is C14H21N3O. The first-order valence-electron chi connectivity index (χ1n) is 6.26. The van der Waals surface area contributed by atoms with Gasteiger partial charge in [-0.1, -0.05) is 13.8 Å². The first-order valence-corrected chi connectivity index (χ1v) is 6.26. The van der Waals surface area contributed by atoms with E-state index in [0.717, 1.165) is 23.5 Å². The molecule has 1 N–H and O–H groups in total. The van der Waals surface area contributed by atoms with Gasteiger partial charge in [-0.15, -0.1) is 0 Å². The molecule has 0 bridgehead atoms. The van der Waals surface area contributed by atoms with E-state index in [0.29, 0.717) is 18.9 Å². The molecule has 98 valence electrons. The monoisotopic (exact) mass is 247 g/mol. The van der Waals surface area contributed by atoms with E-state index in [-0.39, 0.29) is 6.61 Å². The summed E-state index contributed by atoms with van der Waals surface area (Å²) in [6.07, 6.45) is 2.19. The van der Waals surface area contributed by atoms with Crippen molar-refractivity contribution in [2.75, 3.05) is 18.0 Å². The number of rotatable bonds is 6. The zero-order valence-electron chi connectivity index (χ0n) is 11.3. The second kappa shape index (κ2) is 6.97. The topological polar surface area (TPSA) is 60.2 Å². The molecule has 18 heavy (non-hydrogen) atoms. The second-order valence-corrected chi connectivity index (χ2v) is 4.89. The predicted octanol–water partition coefficient (Wildman–Crippen LogP) is 2.26. The average molecular weight is 247 g/mol. The number of nitrogens with zero attached hydrogens (tertiary/aromatic N) is 3. The highest BCUT2D eigenvalue weighted by atomic mass is 16.3. The van der Waals surface area contributed by atoms with E-state index < -0.39 is 0 Å². The number of hydrogen-bond donors (Lipinski definition) is 1. The highest BCUT2D eigenvalue weighted by molar-refractivity contribution is 5.47. The molecule has 0 saturated carbocycles. The lowest BCUT2D eigenvalue weighted by atomic mass is 10.1. The molecule has 0 aliphatic rings. The number of aliphatic hydroxyl groups excluding tert-OH is 1. The van der Waals surface area contributed by atoms with Crippen LogP contribution in [0, 0.1) is 24.2 Å². The molecule has 0 amide bonds. The van der Waals surface area contributed by atoms with E-state index in [4.69, 9.17) is 10.4 Å². The maximum absolute atomic E-state index is 9.08. The summed E-state index contributed by atoms with van der Waals surface area (Å²) in [4.78, 5) is 6.56. The van der Waals surface area contributed by atoms with Gasteiger partial charge in [-0.3, -0.25) is 0 Å². The van der Waals surface area contributed by atoms with Crippen LogP contribution in [0.1, 0.15) is 31.4 Å². The zero-order valence-corrected chi connectivity index (χ0v) is 11.3. The third kappa shape index (κ3) is 4.01. The molecule has 0 aromatic carbocycles. The molecule has 0 aliphatic carbocycles. The van der Waals surface area contributed by atoms with Gasteiger partial charge in [-0.25, -0.2) is 4.98 Å². The minimum absolute atomic E-state index is 0.0104. The Bertz CT molecular complexity index is 424. The summed E-state index contributed by atoms with van der Waals surface area (Å²) in [6, 6.07) is 4.12. The minimum atomic E-state index is 0.0104. The van der Waals surface area contributed by atoms with Crippen molar-refractivity contribution in [2.45, 2.75) is 33.8 Å². The Morgan fingerprint density at radius 1 is 1.50 bits per heavy atom. The molecule has 1 heterocycles. The van der Waals surface area contributed by atoms with Crippen LogP contribution >= 0.6 is 0 Å². The molecule has 4 nitrogen and oxygen atoms in total. The third-order valence-electron chi connectivity index (χ3n) is 2.67. The fourth-order valence-electron chi connectivity index (χ4n) is 1.95. The van der Waals surface area contributed by atoms with Crippen LogP contribution in [0.5, 0.6) is 0 Å². The largest absolute Gasteiger partial charge is 0.392 e. The highest BCUT2D eigenvalue weighted by Gasteiger charge is 2.12. The molecule has 1 aromatic rings. The van der Waals surface area contributed by atoms with Crippen LogP contribution in [0.25, 0.3) is 0 Å². The number of aromatic nitrogens is 1. The normalized spacial score (nSPS) is 10.4. The molecule has 1 rings (SSSR count). The molecule has 0 unspecified atom stereocenters. The van der Waals surface area contributed by atoms with Crippen LogP contribution in [0.2, 0.25) is 0 Å². The number of nitriles is 1. The predicted molar refractivity (Wildman–Crippen MR) is 72.2 cm³/mol. The van der Waals surface area contributed by atoms with Crippen LogP contribution in [-0.2, 0) is 6.61 Å². The Hall–Kier alpha value is -1.60. The molecule has 0 atom stereocenters. The van der Waals surface area contributed by atoms with Gasteiger partial charge in [0.1, 0.15) is 5.82 Å². The summed E-state index contributed by atoms with van der Waals surface area (Å²) in [7, 11) is 0. The van der Waals surface area contributed by atoms with Gasteiger partial charge in [-0.2, -0.15) is 5.26 Å². The SMILES string of the molecule is Cc1cc(CO)cnc1N(CCC#N)CC(C)C. The zero-order chi connectivity index (χ0) is 13.5. The minimum Gasteiger partial charge on any atom is -0.392 e. The highest BCUT2D eigenvalue weighted by Crippen LogP contribution is 2.19. The van der Waals surface area contributed by atoms with Gasteiger partial charge >= 0.3 is 0 Å². The maximum atomic E-state index is 9.08. The van der Waals surface area contributed by atoms with Crippen molar-refractivity contribution in [2.24, 2.45) is 5.92 Å². The molecule has 0 spiro atoms. The second-order valence-electron chi connectivity index (χ2n) is 4.89. The fraction of sp³-hybridized carbons (Fsp3) is 0.571. The van der Waals surface area contributed by atoms with Crippen molar-refractivity contribution in [1.29, 1.82) is 5.26 Å². The Kier molecular flexibility index (Phi) is 5.60. The summed E-state index contributed by atoms with van der Waals surface area (Å²) >= 11 is 0. The van der Waals surface area contributed by atoms with Crippen LogP contribution in [-0.4, -0.2) is 23.2 Å². The molecule has 1 aromatic heterocycles. The van der Waals surface area contributed by atoms with Crippen molar-refractivity contribution in [1.82, 2.24) is 4.98 Å². The Morgan fingerprint density at radius 2 is 2.22 bits per heavy atom. The smallest absolute Gasteiger partial charge is 0.131 e. The molecule has 0 saturated heterocycles. The lowest BCUT2D eigenvalue weighted by Gasteiger charge is -2.26. The van der Waals surface area contributed by atoms with Crippen LogP contribution < -0.4 is 4.90 Å². The van der Waals surface area contributed by atoms with Crippen LogP contribution in [0.4, 0.5) is 5.82 Å². The standard InChI is InChI=1S/C14H21N3O/c1-11(2)9-17(6-4-5-15)14-12(3)7-13(10-18)8-16-14/h7-8,11,18H,4,6,9-10H2,1-3H3. The average Bonchev–Trinajstić information content (AvgIpc) is 2.34. The maximum Gasteiger partial charge on any atom is 0.131 e. The third-order valence-corrected chi connectivity index (χ3v) is 2.67. The lowest BCUT2D eigenvalue weighted by Crippen LogP contribution is -2.30. The van der Waals surface area contributed by atoms with E-state index in [1.165, 1.54) is 0 Å². The lowest BCUT2D eigenvalue weighted by molar-refractivity contribution is 0.281. The first-order chi connectivity index (χ1) is 8.58. The molecule has 0 fully saturated rings. The Morgan fingerprint density at radius 3 is 2.72 bits per heavy atom. The van der Waals surface area contributed by atoms with Gasteiger partial charge in [0.15, 0.2) is 0 Å². The van der Waals surface area contributed by atoms with E-state index in [9.17, 15) is 0 Å². The molecule has 4 heteroatoms. The molecule has 0 radical (unpaired) electrons. The van der Waals surface area contributed by atoms with E-state index in [1.54, 1.807) is 6.20 Å². The Labute approximate surface area is 109 Å². The van der Waals surface area contributed by atoms with Gasteiger partial charge in [0.2, 0.25) is 0 Å². The van der Waals surface area contributed by atoms with Gasteiger partial charge in [0.05, 0.1) is 19.1 Å². The summed E-state index contributed by atoms with van der Waals surface area (Å²) < 4.78 is 0. The summed E-state index contributed by atoms with van der Waals surface area (Å²) in [6.45, 7) is 7.88. The summed E-state index contributed by atoms with van der Waals surface area (Å²) in [5.41, 5.74) is 1.86. The van der Waals surface area contributed by atoms with E-state index >= 15 is 0 Å². The van der Waals surface area contributed by atoms with Crippen molar-refractivity contribution in [3.8, 4) is 6.07 Å². The van der Waals surface area contributed by atoms with Crippen molar-refractivity contribution >= 4 is 5.82 Å². The van der Waals surface area contributed by atoms with E-state index in [2.05, 4.69) is 29.8 Å². The van der Waals surface area contributed by atoms with Gasteiger partial charge < -0.3 is 10.0 Å². The van der Waals surface area contributed by atoms with Crippen molar-refractivity contribution in [3.05, 3.63) is 23.4 Å². The fourth-order valence-corrected chi connectivity index (χ4v) is 1.95. The van der Waals surface area contributed by atoms with Crippen molar-refractivity contribution < 1.29 is 5.11 Å². The van der Waals surface area contributed by atoms with Crippen molar-refractivity contribution in [3.63, 3.8) is 0 Å². The van der Waals surface area contributed by atoms with E-state index in [1.807, 2.05) is 13.0 Å². The van der Waals surface area contributed by atoms with Gasteiger partial charge in [0.25, 0.3) is 0 Å². The number of pyridine rings is 1. The molecule has 0 aliphatic heterocycles. The first kappa shape index (κ1) is 14.5. The number of aryl methyl sites for hydroxylation is 1. The van der Waals surface area contributed by atoms with Gasteiger partial charge in [0, 0.05) is 19.3 Å². The van der Waals surface area contributed by atoms with Gasteiger partial charge in [-0.05, 0) is 30.0 Å². The summed E-state index contributed by atoms with van der Waals surface area (Å²) in [5, 5.41) is 17.8. The number of aliphatic hydroxyl groups is 1. The van der Waals surface area contributed by atoms with Crippen LogP contribution in [0.15, 0.2) is 12.3 Å².